The standard InChI is InChI=1S/C16H19N5O2S/c1-10-19-20-16(24-9-15(23)18-12-6-7-12)21(10)14-5-3-4-13(8-14)17-11(2)22/h3-5,8,12H,6-7,9H2,1-2H3,(H,17,22)(H,18,23). The van der Waals surface area contributed by atoms with E-state index < -0.39 is 0 Å². The van der Waals surface area contributed by atoms with Crippen molar-refractivity contribution in [3.63, 3.8) is 0 Å². The summed E-state index contributed by atoms with van der Waals surface area (Å²) in [6, 6.07) is 7.80. The molecule has 1 aliphatic rings. The summed E-state index contributed by atoms with van der Waals surface area (Å²) < 4.78 is 1.88. The van der Waals surface area contributed by atoms with Crippen LogP contribution in [0.2, 0.25) is 0 Å². The summed E-state index contributed by atoms with van der Waals surface area (Å²) in [4.78, 5) is 23.1. The van der Waals surface area contributed by atoms with Crippen LogP contribution in [-0.4, -0.2) is 38.4 Å². The largest absolute Gasteiger partial charge is 0.353 e. The van der Waals surface area contributed by atoms with E-state index >= 15 is 0 Å². The Kier molecular flexibility index (Phi) is 4.84. The first-order chi connectivity index (χ1) is 11.5. The molecule has 2 aromatic rings. The van der Waals surface area contributed by atoms with Crippen LogP contribution >= 0.6 is 11.8 Å². The lowest BCUT2D eigenvalue weighted by molar-refractivity contribution is -0.118. The van der Waals surface area contributed by atoms with Crippen molar-refractivity contribution in [1.29, 1.82) is 0 Å². The average Bonchev–Trinajstić information content (AvgIpc) is 3.25. The van der Waals surface area contributed by atoms with Gasteiger partial charge >= 0.3 is 0 Å². The van der Waals surface area contributed by atoms with E-state index in [0.717, 1.165) is 24.4 Å². The van der Waals surface area contributed by atoms with Gasteiger partial charge in [-0.05, 0) is 38.0 Å². The van der Waals surface area contributed by atoms with Crippen LogP contribution in [0.25, 0.3) is 5.69 Å². The Balaban J connectivity index is 1.76. The van der Waals surface area contributed by atoms with Gasteiger partial charge in [-0.25, -0.2) is 0 Å². The quantitative estimate of drug-likeness (QED) is 0.781. The molecule has 0 radical (unpaired) electrons. The first-order valence-corrected chi connectivity index (χ1v) is 8.73. The summed E-state index contributed by atoms with van der Waals surface area (Å²) in [5.74, 6) is 0.917. The predicted molar refractivity (Wildman–Crippen MR) is 92.3 cm³/mol. The number of carbonyl (C=O) groups is 2. The Hall–Kier alpha value is -2.35. The summed E-state index contributed by atoms with van der Waals surface area (Å²) >= 11 is 1.35. The van der Waals surface area contributed by atoms with E-state index in [-0.39, 0.29) is 11.8 Å². The van der Waals surface area contributed by atoms with Crippen LogP contribution in [0.5, 0.6) is 0 Å². The number of anilines is 1. The molecule has 2 N–H and O–H groups in total. The molecule has 2 amide bonds. The first kappa shape index (κ1) is 16.5. The molecule has 0 unspecified atom stereocenters. The van der Waals surface area contributed by atoms with Crippen molar-refractivity contribution < 1.29 is 9.59 Å². The number of rotatable bonds is 6. The van der Waals surface area contributed by atoms with Gasteiger partial charge in [-0.15, -0.1) is 10.2 Å². The highest BCUT2D eigenvalue weighted by Crippen LogP contribution is 2.24. The molecule has 24 heavy (non-hydrogen) atoms. The van der Waals surface area contributed by atoms with Crippen molar-refractivity contribution in [2.75, 3.05) is 11.1 Å². The van der Waals surface area contributed by atoms with E-state index in [1.54, 1.807) is 0 Å². The number of thioether (sulfide) groups is 1. The number of hydrogen-bond acceptors (Lipinski definition) is 5. The number of nitrogens with one attached hydrogen (secondary N) is 2. The van der Waals surface area contributed by atoms with Crippen molar-refractivity contribution >= 4 is 29.3 Å². The molecule has 0 aliphatic heterocycles. The van der Waals surface area contributed by atoms with Gasteiger partial charge in [0.25, 0.3) is 0 Å². The lowest BCUT2D eigenvalue weighted by Crippen LogP contribution is -2.27. The molecule has 0 bridgehead atoms. The van der Waals surface area contributed by atoms with Crippen LogP contribution in [-0.2, 0) is 9.59 Å². The van der Waals surface area contributed by atoms with Crippen LogP contribution in [0, 0.1) is 6.92 Å². The van der Waals surface area contributed by atoms with E-state index in [4.69, 9.17) is 0 Å². The van der Waals surface area contributed by atoms with Crippen molar-refractivity contribution in [1.82, 2.24) is 20.1 Å². The zero-order valence-corrected chi connectivity index (χ0v) is 14.4. The molecule has 8 heteroatoms. The fourth-order valence-corrected chi connectivity index (χ4v) is 3.10. The van der Waals surface area contributed by atoms with Gasteiger partial charge in [0.05, 0.1) is 11.4 Å². The Labute approximate surface area is 144 Å². The molecule has 3 rings (SSSR count). The van der Waals surface area contributed by atoms with Crippen LogP contribution in [0.4, 0.5) is 5.69 Å². The summed E-state index contributed by atoms with van der Waals surface area (Å²) in [7, 11) is 0. The zero-order valence-electron chi connectivity index (χ0n) is 13.6. The van der Waals surface area contributed by atoms with E-state index in [9.17, 15) is 9.59 Å². The van der Waals surface area contributed by atoms with Crippen molar-refractivity contribution in [2.24, 2.45) is 0 Å². The molecule has 0 spiro atoms. The fraction of sp³-hybridized carbons (Fsp3) is 0.375. The third kappa shape index (κ3) is 4.14. The Morgan fingerprint density at radius 3 is 2.83 bits per heavy atom. The molecule has 1 aliphatic carbocycles. The maximum absolute atomic E-state index is 11.9. The number of nitrogens with zero attached hydrogens (tertiary/aromatic N) is 3. The molecular formula is C16H19N5O2S. The highest BCUT2D eigenvalue weighted by atomic mass is 32.2. The van der Waals surface area contributed by atoms with E-state index in [0.29, 0.717) is 22.6 Å². The summed E-state index contributed by atoms with van der Waals surface area (Å²) in [5, 5.41) is 14.6. The second-order valence-electron chi connectivity index (χ2n) is 5.73. The average molecular weight is 345 g/mol. The van der Waals surface area contributed by atoms with Gasteiger partial charge in [0.2, 0.25) is 11.8 Å². The predicted octanol–water partition coefficient (Wildman–Crippen LogP) is 1.90. The molecule has 0 saturated heterocycles. The minimum absolute atomic E-state index is 0.0155. The van der Waals surface area contributed by atoms with Crippen LogP contribution in [0.3, 0.4) is 0 Å². The van der Waals surface area contributed by atoms with Gasteiger partial charge in [-0.1, -0.05) is 17.8 Å². The first-order valence-electron chi connectivity index (χ1n) is 7.75. The summed E-state index contributed by atoms with van der Waals surface area (Å²) in [6.07, 6.45) is 2.14. The van der Waals surface area contributed by atoms with Crippen molar-refractivity contribution in [3.8, 4) is 5.69 Å². The molecule has 1 fully saturated rings. The fourth-order valence-electron chi connectivity index (χ4n) is 2.29. The van der Waals surface area contributed by atoms with Crippen LogP contribution in [0.15, 0.2) is 29.4 Å². The smallest absolute Gasteiger partial charge is 0.230 e. The number of amides is 2. The van der Waals surface area contributed by atoms with Crippen molar-refractivity contribution in [3.05, 3.63) is 30.1 Å². The Morgan fingerprint density at radius 1 is 1.33 bits per heavy atom. The molecule has 0 atom stereocenters. The van der Waals surface area contributed by atoms with E-state index in [2.05, 4.69) is 20.8 Å². The summed E-state index contributed by atoms with van der Waals surface area (Å²) in [6.45, 7) is 3.32. The molecular weight excluding hydrogens is 326 g/mol. The third-order valence-electron chi connectivity index (χ3n) is 3.49. The van der Waals surface area contributed by atoms with E-state index in [1.807, 2.05) is 35.8 Å². The second kappa shape index (κ2) is 7.04. The van der Waals surface area contributed by atoms with Gasteiger partial charge in [-0.3, -0.25) is 14.2 Å². The lowest BCUT2D eigenvalue weighted by atomic mass is 10.2. The highest BCUT2D eigenvalue weighted by molar-refractivity contribution is 7.99. The Morgan fingerprint density at radius 2 is 2.12 bits per heavy atom. The topological polar surface area (TPSA) is 88.9 Å². The maximum atomic E-state index is 11.9. The number of carbonyl (C=O) groups excluding carboxylic acids is 2. The highest BCUT2D eigenvalue weighted by Gasteiger charge is 2.23. The Bertz CT molecular complexity index is 770. The molecule has 1 aromatic carbocycles. The minimum atomic E-state index is -0.126. The van der Waals surface area contributed by atoms with Gasteiger partial charge in [0.1, 0.15) is 5.82 Å². The molecule has 1 heterocycles. The van der Waals surface area contributed by atoms with Gasteiger partial charge in [0.15, 0.2) is 5.16 Å². The number of aromatic nitrogens is 3. The van der Waals surface area contributed by atoms with Gasteiger partial charge < -0.3 is 10.6 Å². The number of hydrogen-bond donors (Lipinski definition) is 2. The monoisotopic (exact) mass is 345 g/mol. The molecule has 7 nitrogen and oxygen atoms in total. The molecule has 1 aromatic heterocycles. The SMILES string of the molecule is CC(=O)Nc1cccc(-n2c(C)nnc2SCC(=O)NC2CC2)c1. The van der Waals surface area contributed by atoms with E-state index in [1.165, 1.54) is 18.7 Å². The second-order valence-corrected chi connectivity index (χ2v) is 6.67. The molecule has 126 valence electrons. The molecule has 1 saturated carbocycles. The summed E-state index contributed by atoms with van der Waals surface area (Å²) in [5.41, 5.74) is 1.55. The van der Waals surface area contributed by atoms with Gasteiger partial charge in [0, 0.05) is 18.7 Å². The maximum Gasteiger partial charge on any atom is 0.230 e. The van der Waals surface area contributed by atoms with Crippen LogP contribution < -0.4 is 10.6 Å². The number of benzene rings is 1. The normalized spacial score (nSPS) is 13.6. The van der Waals surface area contributed by atoms with Gasteiger partial charge in [-0.2, -0.15) is 0 Å². The van der Waals surface area contributed by atoms with Crippen LogP contribution in [0.1, 0.15) is 25.6 Å². The lowest BCUT2D eigenvalue weighted by Gasteiger charge is -2.10. The van der Waals surface area contributed by atoms with Crippen molar-refractivity contribution in [2.45, 2.75) is 37.9 Å². The number of aryl methyl sites for hydroxylation is 1. The zero-order chi connectivity index (χ0) is 17.1. The third-order valence-corrected chi connectivity index (χ3v) is 4.42. The minimum Gasteiger partial charge on any atom is -0.353 e.